The first-order valence-electron chi connectivity index (χ1n) is 8.78. The van der Waals surface area contributed by atoms with Gasteiger partial charge in [-0.05, 0) is 45.6 Å². The molecule has 1 N–H and O–H groups in total. The van der Waals surface area contributed by atoms with E-state index in [2.05, 4.69) is 58.5 Å². The lowest BCUT2D eigenvalue weighted by atomic mass is 10.1. The standard InChI is InChI=1S/C21H25N5/c1-15-16(2)24-21(18-12-8-9-13-22-18)25-20(15)23-14-19(26(3)4)17-10-6-5-7-11-17/h5-13,19H,14H2,1-4H3,(H,23,24,25). The van der Waals surface area contributed by atoms with Crippen LogP contribution in [0.4, 0.5) is 5.82 Å². The van der Waals surface area contributed by atoms with E-state index in [0.29, 0.717) is 5.82 Å². The predicted molar refractivity (Wildman–Crippen MR) is 106 cm³/mol. The number of aromatic nitrogens is 3. The third-order valence-corrected chi connectivity index (χ3v) is 4.55. The minimum atomic E-state index is 0.254. The molecule has 26 heavy (non-hydrogen) atoms. The molecule has 3 rings (SSSR count). The molecule has 0 saturated heterocycles. The molecule has 0 aliphatic heterocycles. The number of hydrogen-bond donors (Lipinski definition) is 1. The fraction of sp³-hybridized carbons (Fsp3) is 0.286. The van der Waals surface area contributed by atoms with Gasteiger partial charge in [-0.2, -0.15) is 0 Å². The number of pyridine rings is 1. The first kappa shape index (κ1) is 18.0. The molecule has 2 heterocycles. The number of nitrogens with one attached hydrogen (secondary N) is 1. The zero-order valence-corrected chi connectivity index (χ0v) is 15.8. The molecule has 0 saturated carbocycles. The van der Waals surface area contributed by atoms with Gasteiger partial charge in [-0.1, -0.05) is 36.4 Å². The van der Waals surface area contributed by atoms with Gasteiger partial charge in [0.2, 0.25) is 0 Å². The monoisotopic (exact) mass is 347 g/mol. The van der Waals surface area contributed by atoms with Crippen molar-refractivity contribution in [2.75, 3.05) is 26.0 Å². The lowest BCUT2D eigenvalue weighted by Crippen LogP contribution is -2.27. The molecule has 0 spiro atoms. The Morgan fingerprint density at radius 1 is 0.962 bits per heavy atom. The highest BCUT2D eigenvalue weighted by molar-refractivity contribution is 5.56. The van der Waals surface area contributed by atoms with Gasteiger partial charge in [0, 0.05) is 24.0 Å². The van der Waals surface area contributed by atoms with Crippen LogP contribution in [0.3, 0.4) is 0 Å². The molecule has 0 bridgehead atoms. The third-order valence-electron chi connectivity index (χ3n) is 4.55. The second-order valence-corrected chi connectivity index (χ2v) is 6.59. The maximum absolute atomic E-state index is 4.73. The van der Waals surface area contributed by atoms with Gasteiger partial charge in [0.1, 0.15) is 11.5 Å². The molecule has 2 aromatic heterocycles. The summed E-state index contributed by atoms with van der Waals surface area (Å²) in [7, 11) is 4.19. The van der Waals surface area contributed by atoms with Crippen LogP contribution in [-0.4, -0.2) is 40.5 Å². The highest BCUT2D eigenvalue weighted by Gasteiger charge is 2.16. The summed E-state index contributed by atoms with van der Waals surface area (Å²) in [4.78, 5) is 15.9. The number of benzene rings is 1. The summed E-state index contributed by atoms with van der Waals surface area (Å²) in [5, 5.41) is 3.52. The molecule has 0 aliphatic carbocycles. The van der Waals surface area contributed by atoms with E-state index >= 15 is 0 Å². The quantitative estimate of drug-likeness (QED) is 0.733. The molecule has 1 unspecified atom stereocenters. The van der Waals surface area contributed by atoms with Crippen LogP contribution in [-0.2, 0) is 0 Å². The summed E-state index contributed by atoms with van der Waals surface area (Å²) < 4.78 is 0. The zero-order chi connectivity index (χ0) is 18.5. The van der Waals surface area contributed by atoms with Gasteiger partial charge in [-0.25, -0.2) is 9.97 Å². The predicted octanol–water partition coefficient (Wildman–Crippen LogP) is 3.87. The lowest BCUT2D eigenvalue weighted by Gasteiger charge is -2.26. The van der Waals surface area contributed by atoms with Crippen LogP contribution in [0.1, 0.15) is 22.9 Å². The average Bonchev–Trinajstić information content (AvgIpc) is 2.66. The van der Waals surface area contributed by atoms with Crippen molar-refractivity contribution >= 4 is 5.82 Å². The molecule has 0 aliphatic rings. The van der Waals surface area contributed by atoms with Crippen molar-refractivity contribution in [1.82, 2.24) is 19.9 Å². The van der Waals surface area contributed by atoms with Gasteiger partial charge >= 0.3 is 0 Å². The van der Waals surface area contributed by atoms with Crippen LogP contribution in [0.2, 0.25) is 0 Å². The maximum Gasteiger partial charge on any atom is 0.180 e. The molecule has 1 aromatic carbocycles. The van der Waals surface area contributed by atoms with Crippen molar-refractivity contribution in [1.29, 1.82) is 0 Å². The fourth-order valence-corrected chi connectivity index (χ4v) is 2.88. The Hall–Kier alpha value is -2.79. The van der Waals surface area contributed by atoms with Crippen molar-refractivity contribution in [2.45, 2.75) is 19.9 Å². The van der Waals surface area contributed by atoms with E-state index in [9.17, 15) is 0 Å². The molecule has 5 nitrogen and oxygen atoms in total. The van der Waals surface area contributed by atoms with Gasteiger partial charge in [0.05, 0.1) is 6.04 Å². The Morgan fingerprint density at radius 2 is 1.69 bits per heavy atom. The number of aryl methyl sites for hydroxylation is 1. The number of likely N-dealkylation sites (N-methyl/N-ethyl adjacent to an activating group) is 1. The Balaban J connectivity index is 1.86. The summed E-state index contributed by atoms with van der Waals surface area (Å²) >= 11 is 0. The molecular weight excluding hydrogens is 322 g/mol. The first-order valence-corrected chi connectivity index (χ1v) is 8.78. The summed E-state index contributed by atoms with van der Waals surface area (Å²) in [5.41, 5.74) is 4.09. The second kappa shape index (κ2) is 8.06. The van der Waals surface area contributed by atoms with Crippen LogP contribution >= 0.6 is 0 Å². The molecule has 0 fully saturated rings. The van der Waals surface area contributed by atoms with Crippen molar-refractivity contribution in [2.24, 2.45) is 0 Å². The SMILES string of the molecule is Cc1nc(-c2ccccn2)nc(NCC(c2ccccc2)N(C)C)c1C. The molecule has 1 atom stereocenters. The molecule has 0 amide bonds. The summed E-state index contributed by atoms with van der Waals surface area (Å²) in [6, 6.07) is 16.5. The number of hydrogen-bond acceptors (Lipinski definition) is 5. The normalized spacial score (nSPS) is 12.2. The van der Waals surface area contributed by atoms with E-state index in [-0.39, 0.29) is 6.04 Å². The van der Waals surface area contributed by atoms with Crippen LogP contribution in [0.15, 0.2) is 54.7 Å². The summed E-state index contributed by atoms with van der Waals surface area (Å²) in [5.74, 6) is 1.51. The minimum absolute atomic E-state index is 0.254. The average molecular weight is 347 g/mol. The Kier molecular flexibility index (Phi) is 5.58. The van der Waals surface area contributed by atoms with Crippen LogP contribution < -0.4 is 5.32 Å². The molecular formula is C21H25N5. The fourth-order valence-electron chi connectivity index (χ4n) is 2.88. The van der Waals surface area contributed by atoms with Crippen LogP contribution in [0.25, 0.3) is 11.5 Å². The minimum Gasteiger partial charge on any atom is -0.368 e. The molecule has 0 radical (unpaired) electrons. The van der Waals surface area contributed by atoms with Crippen molar-refractivity contribution in [3.05, 3.63) is 71.5 Å². The van der Waals surface area contributed by atoms with Gasteiger partial charge in [0.25, 0.3) is 0 Å². The number of nitrogens with zero attached hydrogens (tertiary/aromatic N) is 4. The highest BCUT2D eigenvalue weighted by Crippen LogP contribution is 2.23. The summed E-state index contributed by atoms with van der Waals surface area (Å²) in [6.07, 6.45) is 1.76. The Bertz CT molecular complexity index is 847. The largest absolute Gasteiger partial charge is 0.368 e. The topological polar surface area (TPSA) is 53.9 Å². The number of rotatable bonds is 6. The molecule has 5 heteroatoms. The van der Waals surface area contributed by atoms with E-state index < -0.39 is 0 Å². The lowest BCUT2D eigenvalue weighted by molar-refractivity contribution is 0.311. The van der Waals surface area contributed by atoms with E-state index in [4.69, 9.17) is 4.98 Å². The van der Waals surface area contributed by atoms with E-state index in [1.54, 1.807) is 6.20 Å². The van der Waals surface area contributed by atoms with Crippen LogP contribution in [0, 0.1) is 13.8 Å². The van der Waals surface area contributed by atoms with Crippen molar-refractivity contribution in [3.8, 4) is 11.5 Å². The first-order chi connectivity index (χ1) is 12.6. The maximum atomic E-state index is 4.73. The van der Waals surface area contributed by atoms with Gasteiger partial charge in [-0.3, -0.25) is 4.98 Å². The Labute approximate surface area is 155 Å². The number of anilines is 1. The van der Waals surface area contributed by atoms with Gasteiger partial charge in [0.15, 0.2) is 5.82 Å². The van der Waals surface area contributed by atoms with E-state index in [1.165, 1.54) is 5.56 Å². The molecule has 134 valence electrons. The smallest absolute Gasteiger partial charge is 0.180 e. The van der Waals surface area contributed by atoms with Crippen molar-refractivity contribution < 1.29 is 0 Å². The van der Waals surface area contributed by atoms with E-state index in [0.717, 1.165) is 29.3 Å². The van der Waals surface area contributed by atoms with E-state index in [1.807, 2.05) is 38.1 Å². The third kappa shape index (κ3) is 4.06. The second-order valence-electron chi connectivity index (χ2n) is 6.59. The van der Waals surface area contributed by atoms with Crippen LogP contribution in [0.5, 0.6) is 0 Å². The van der Waals surface area contributed by atoms with Crippen molar-refractivity contribution in [3.63, 3.8) is 0 Å². The summed E-state index contributed by atoms with van der Waals surface area (Å²) in [6.45, 7) is 4.82. The Morgan fingerprint density at radius 3 is 2.35 bits per heavy atom. The van der Waals surface area contributed by atoms with Gasteiger partial charge < -0.3 is 10.2 Å². The van der Waals surface area contributed by atoms with Gasteiger partial charge in [-0.15, -0.1) is 0 Å². The molecule has 3 aromatic rings. The highest BCUT2D eigenvalue weighted by atomic mass is 15.1. The zero-order valence-electron chi connectivity index (χ0n) is 15.8.